The molecule has 6 aromatic rings. The number of imidazole rings is 1. The Balaban J connectivity index is 0.00000316. The van der Waals surface area contributed by atoms with Crippen LogP contribution in [0.25, 0.3) is 21.9 Å². The largest absolute Gasteiger partial charge is 0.357 e. The van der Waals surface area contributed by atoms with Gasteiger partial charge in [0, 0.05) is 36.5 Å². The van der Waals surface area contributed by atoms with Crippen molar-refractivity contribution in [3.05, 3.63) is 131 Å². The minimum atomic E-state index is 0. The third kappa shape index (κ3) is 5.87. The number of aryl methyl sites for hydroxylation is 1. The third-order valence-corrected chi connectivity index (χ3v) is 8.44. The molecule has 0 radical (unpaired) electrons. The van der Waals surface area contributed by atoms with Gasteiger partial charge in [-0.25, -0.2) is 4.98 Å². The number of rotatable bonds is 9. The molecule has 1 aliphatic rings. The average Bonchev–Trinajstić information content (AvgIpc) is 3.64. The molecule has 214 valence electrons. The summed E-state index contributed by atoms with van der Waals surface area (Å²) in [6.07, 6.45) is 5.34. The van der Waals surface area contributed by atoms with Gasteiger partial charge in [-0.15, -0.1) is 0 Å². The van der Waals surface area contributed by atoms with Crippen LogP contribution < -0.4 is 5.32 Å². The predicted octanol–water partition coefficient (Wildman–Crippen LogP) is 8.01. The van der Waals surface area contributed by atoms with Gasteiger partial charge >= 0.3 is 0 Å². The first kappa shape index (κ1) is 27.9. The second-order valence-electron chi connectivity index (χ2n) is 11.3. The third-order valence-electron chi connectivity index (χ3n) is 8.44. The van der Waals surface area contributed by atoms with Crippen LogP contribution in [0.15, 0.2) is 97.2 Å². The molecule has 0 saturated carbocycles. The number of benzene rings is 3. The van der Waals surface area contributed by atoms with Gasteiger partial charge in [0.15, 0.2) is 0 Å². The predicted molar refractivity (Wildman–Crippen MR) is 172 cm³/mol. The van der Waals surface area contributed by atoms with Crippen LogP contribution in [0, 0.1) is 0 Å². The minimum Gasteiger partial charge on any atom is -0.357 e. The summed E-state index contributed by atoms with van der Waals surface area (Å²) in [5.41, 5.74) is 9.69. The van der Waals surface area contributed by atoms with Crippen molar-refractivity contribution in [2.45, 2.75) is 65.3 Å². The highest BCUT2D eigenvalue weighted by molar-refractivity contribution is 5.80. The fraction of sp³-hybridized carbons (Fsp3) is 0.278. The van der Waals surface area contributed by atoms with Crippen LogP contribution in [-0.2, 0) is 26.1 Å². The summed E-state index contributed by atoms with van der Waals surface area (Å²) in [5.74, 6) is 1.00. The van der Waals surface area contributed by atoms with Crippen molar-refractivity contribution in [3.8, 4) is 0 Å². The molecule has 2 unspecified atom stereocenters. The Labute approximate surface area is 248 Å². The number of para-hydroxylation sites is 3. The molecule has 6 heteroatoms. The maximum Gasteiger partial charge on any atom is 0.121 e. The molecule has 0 amide bonds. The summed E-state index contributed by atoms with van der Waals surface area (Å²) in [4.78, 5) is 19.4. The molecule has 7 rings (SSSR count). The number of H-pyrrole nitrogens is 2. The molecule has 3 aromatic heterocycles. The van der Waals surface area contributed by atoms with Crippen molar-refractivity contribution >= 4 is 21.9 Å². The van der Waals surface area contributed by atoms with Gasteiger partial charge in [0.2, 0.25) is 0 Å². The molecule has 1 aliphatic carbocycles. The standard InChI is InChI=1S/C35H36N6.CH4/c1-24(32-20-28-8-2-3-11-29(28)38-32)37-21-25-15-17-26(18-16-25)22-41(23-34-39-30-12-4-5-13-31(30)40-34)33-14-6-9-27-10-7-19-36-35(27)33;/h2-5,7-8,10-13,15-20,24,33,37-38H,6,9,14,21-23H2,1H3,(H,39,40);1H4. The van der Waals surface area contributed by atoms with E-state index in [0.717, 1.165) is 49.3 Å². The van der Waals surface area contributed by atoms with Gasteiger partial charge in [-0.2, -0.15) is 0 Å². The zero-order valence-corrected chi connectivity index (χ0v) is 23.5. The van der Waals surface area contributed by atoms with E-state index >= 15 is 0 Å². The van der Waals surface area contributed by atoms with E-state index in [2.05, 4.69) is 112 Å². The fourth-order valence-corrected chi connectivity index (χ4v) is 6.20. The lowest BCUT2D eigenvalue weighted by molar-refractivity contribution is 0.153. The van der Waals surface area contributed by atoms with Gasteiger partial charge in [-0.05, 0) is 78.6 Å². The molecule has 2 atom stereocenters. The van der Waals surface area contributed by atoms with E-state index < -0.39 is 0 Å². The highest BCUT2D eigenvalue weighted by Gasteiger charge is 2.28. The van der Waals surface area contributed by atoms with Crippen LogP contribution in [0.4, 0.5) is 0 Å². The Bertz CT molecular complexity index is 1700. The van der Waals surface area contributed by atoms with Crippen LogP contribution in [0.5, 0.6) is 0 Å². The summed E-state index contributed by atoms with van der Waals surface area (Å²) >= 11 is 0. The van der Waals surface area contributed by atoms with Crippen LogP contribution in [-0.4, -0.2) is 24.8 Å². The first-order valence-electron chi connectivity index (χ1n) is 14.7. The molecule has 0 saturated heterocycles. The van der Waals surface area contributed by atoms with Gasteiger partial charge in [-0.1, -0.05) is 68.1 Å². The average molecular weight is 557 g/mol. The molecule has 3 heterocycles. The SMILES string of the molecule is C.CC(NCc1ccc(CN(Cc2nc3ccccc3[nH]2)C2CCCc3cccnc32)cc1)c1cc2ccccc2[nH]1. The van der Waals surface area contributed by atoms with Crippen LogP contribution in [0.3, 0.4) is 0 Å². The summed E-state index contributed by atoms with van der Waals surface area (Å²) in [7, 11) is 0. The van der Waals surface area contributed by atoms with E-state index in [1.807, 2.05) is 12.3 Å². The Morgan fingerprint density at radius 3 is 2.50 bits per heavy atom. The first-order chi connectivity index (χ1) is 20.2. The summed E-state index contributed by atoms with van der Waals surface area (Å²) in [6, 6.07) is 32.8. The lowest BCUT2D eigenvalue weighted by atomic mass is 9.90. The second-order valence-corrected chi connectivity index (χ2v) is 11.3. The second kappa shape index (κ2) is 12.3. The van der Waals surface area contributed by atoms with E-state index in [1.54, 1.807) is 0 Å². The molecular weight excluding hydrogens is 516 g/mol. The summed E-state index contributed by atoms with van der Waals surface area (Å²) in [5, 5.41) is 4.94. The molecule has 0 aliphatic heterocycles. The lowest BCUT2D eigenvalue weighted by Gasteiger charge is -2.34. The molecule has 0 spiro atoms. The summed E-state index contributed by atoms with van der Waals surface area (Å²) < 4.78 is 0. The zero-order chi connectivity index (χ0) is 27.6. The van der Waals surface area contributed by atoms with Crippen molar-refractivity contribution in [2.24, 2.45) is 0 Å². The van der Waals surface area contributed by atoms with Crippen molar-refractivity contribution in [1.82, 2.24) is 30.2 Å². The van der Waals surface area contributed by atoms with Gasteiger partial charge in [-0.3, -0.25) is 9.88 Å². The molecule has 3 N–H and O–H groups in total. The highest BCUT2D eigenvalue weighted by atomic mass is 15.2. The fourth-order valence-electron chi connectivity index (χ4n) is 6.20. The van der Waals surface area contributed by atoms with Crippen LogP contribution in [0.1, 0.15) is 73.2 Å². The Hall–Kier alpha value is -4.26. The first-order valence-corrected chi connectivity index (χ1v) is 14.7. The molecule has 0 fully saturated rings. The van der Waals surface area contributed by atoms with Gasteiger partial charge in [0.1, 0.15) is 5.82 Å². The van der Waals surface area contributed by atoms with Crippen molar-refractivity contribution < 1.29 is 0 Å². The maximum atomic E-state index is 4.91. The van der Waals surface area contributed by atoms with E-state index in [1.165, 1.54) is 45.4 Å². The Morgan fingerprint density at radius 1 is 0.881 bits per heavy atom. The number of hydrogen-bond acceptors (Lipinski definition) is 4. The molecule has 3 aromatic carbocycles. The zero-order valence-electron chi connectivity index (χ0n) is 23.5. The van der Waals surface area contributed by atoms with Crippen molar-refractivity contribution in [3.63, 3.8) is 0 Å². The quantitative estimate of drug-likeness (QED) is 0.169. The number of pyridine rings is 1. The van der Waals surface area contributed by atoms with Crippen molar-refractivity contribution in [1.29, 1.82) is 0 Å². The molecular formula is C36H40N6. The van der Waals surface area contributed by atoms with E-state index in [-0.39, 0.29) is 19.5 Å². The lowest BCUT2D eigenvalue weighted by Crippen LogP contribution is -2.31. The monoisotopic (exact) mass is 556 g/mol. The molecule has 6 nitrogen and oxygen atoms in total. The number of aromatic nitrogens is 4. The Morgan fingerprint density at radius 2 is 1.67 bits per heavy atom. The van der Waals surface area contributed by atoms with Gasteiger partial charge in [0.25, 0.3) is 0 Å². The van der Waals surface area contributed by atoms with Crippen molar-refractivity contribution in [2.75, 3.05) is 0 Å². The molecule has 42 heavy (non-hydrogen) atoms. The highest BCUT2D eigenvalue weighted by Crippen LogP contribution is 2.35. The maximum absolute atomic E-state index is 4.91. The van der Waals surface area contributed by atoms with Gasteiger partial charge < -0.3 is 15.3 Å². The number of hydrogen-bond donors (Lipinski definition) is 3. The number of fused-ring (bicyclic) bond motifs is 3. The number of aromatic amines is 2. The van der Waals surface area contributed by atoms with Crippen LogP contribution >= 0.6 is 0 Å². The van der Waals surface area contributed by atoms with Gasteiger partial charge in [0.05, 0.1) is 29.3 Å². The summed E-state index contributed by atoms with van der Waals surface area (Å²) in [6.45, 7) is 4.63. The topological polar surface area (TPSA) is 72.6 Å². The Kier molecular flexibility index (Phi) is 8.17. The number of nitrogens with one attached hydrogen (secondary N) is 3. The van der Waals surface area contributed by atoms with E-state index in [4.69, 9.17) is 9.97 Å². The smallest absolute Gasteiger partial charge is 0.121 e. The minimum absolute atomic E-state index is 0. The van der Waals surface area contributed by atoms with E-state index in [9.17, 15) is 0 Å². The molecule has 0 bridgehead atoms. The van der Waals surface area contributed by atoms with E-state index in [0.29, 0.717) is 0 Å². The number of nitrogens with zero attached hydrogens (tertiary/aromatic N) is 3. The normalized spacial score (nSPS) is 15.5. The van der Waals surface area contributed by atoms with Crippen LogP contribution in [0.2, 0.25) is 0 Å².